The van der Waals surface area contributed by atoms with Crippen LogP contribution in [0.15, 0.2) is 12.3 Å². The molecule has 23 heavy (non-hydrogen) atoms. The van der Waals surface area contributed by atoms with Crippen molar-refractivity contribution < 1.29 is 9.53 Å². The first-order chi connectivity index (χ1) is 11.1. The van der Waals surface area contributed by atoms with Crippen LogP contribution in [0.25, 0.3) is 0 Å². The highest BCUT2D eigenvalue weighted by molar-refractivity contribution is 6.32. The summed E-state index contributed by atoms with van der Waals surface area (Å²) in [5.41, 5.74) is 0.914. The van der Waals surface area contributed by atoms with Gasteiger partial charge < -0.3 is 15.0 Å². The van der Waals surface area contributed by atoms with Gasteiger partial charge in [0.25, 0.3) is 0 Å². The molecule has 1 saturated heterocycles. The van der Waals surface area contributed by atoms with Crippen LogP contribution in [0, 0.1) is 0 Å². The van der Waals surface area contributed by atoms with Crippen LogP contribution < -0.4 is 10.1 Å². The van der Waals surface area contributed by atoms with Gasteiger partial charge in [-0.05, 0) is 12.5 Å². The Kier molecular flexibility index (Phi) is 6.92. The average Bonchev–Trinajstić information content (AvgIpc) is 2.56. The lowest BCUT2D eigenvalue weighted by molar-refractivity contribution is 0.134. The van der Waals surface area contributed by atoms with Gasteiger partial charge in [0.1, 0.15) is 0 Å². The van der Waals surface area contributed by atoms with Crippen LogP contribution in [-0.4, -0.2) is 60.6 Å². The van der Waals surface area contributed by atoms with Gasteiger partial charge in [-0.3, -0.25) is 9.88 Å². The van der Waals surface area contributed by atoms with Gasteiger partial charge in [-0.2, -0.15) is 0 Å². The van der Waals surface area contributed by atoms with E-state index in [4.69, 9.17) is 16.3 Å². The lowest BCUT2D eigenvalue weighted by Crippen LogP contribution is -2.51. The van der Waals surface area contributed by atoms with Crippen LogP contribution in [0.3, 0.4) is 0 Å². The number of carbonyl (C=O) groups is 1. The number of carbonyl (C=O) groups excluding carboxylic acids is 1. The van der Waals surface area contributed by atoms with E-state index in [1.54, 1.807) is 13.3 Å². The average molecular weight is 341 g/mol. The standard InChI is InChI=1S/C16H25ClN4O2/c1-3-4-5-18-16(22)21-8-6-20(7-9-21)12-13-10-14(17)15(23-2)11-19-13/h10-11H,3-9,12H2,1-2H3,(H,18,22). The molecule has 2 amide bonds. The molecule has 0 atom stereocenters. The summed E-state index contributed by atoms with van der Waals surface area (Å²) in [4.78, 5) is 20.5. The van der Waals surface area contributed by atoms with Crippen LogP contribution in [-0.2, 0) is 6.54 Å². The number of amides is 2. The second-order valence-electron chi connectivity index (χ2n) is 5.66. The monoisotopic (exact) mass is 340 g/mol. The molecule has 0 aromatic carbocycles. The van der Waals surface area contributed by atoms with E-state index in [2.05, 4.69) is 22.1 Å². The Labute approximate surface area is 142 Å². The summed E-state index contributed by atoms with van der Waals surface area (Å²) >= 11 is 6.13. The number of halogens is 1. The van der Waals surface area contributed by atoms with Crippen molar-refractivity contribution in [1.29, 1.82) is 0 Å². The zero-order valence-electron chi connectivity index (χ0n) is 13.8. The van der Waals surface area contributed by atoms with Crippen molar-refractivity contribution in [2.45, 2.75) is 26.3 Å². The van der Waals surface area contributed by atoms with Gasteiger partial charge in [0, 0.05) is 39.3 Å². The zero-order valence-corrected chi connectivity index (χ0v) is 14.6. The minimum absolute atomic E-state index is 0.0451. The molecular weight excluding hydrogens is 316 g/mol. The molecule has 0 bridgehead atoms. The number of rotatable bonds is 6. The molecule has 1 N–H and O–H groups in total. The maximum Gasteiger partial charge on any atom is 0.317 e. The lowest BCUT2D eigenvalue weighted by atomic mass is 10.2. The van der Waals surface area contributed by atoms with Crippen LogP contribution in [0.5, 0.6) is 5.75 Å². The molecule has 1 aliphatic rings. The van der Waals surface area contributed by atoms with E-state index in [0.29, 0.717) is 10.8 Å². The fourth-order valence-electron chi connectivity index (χ4n) is 2.52. The molecule has 0 spiro atoms. The smallest absolute Gasteiger partial charge is 0.317 e. The SMILES string of the molecule is CCCCNC(=O)N1CCN(Cc2cc(Cl)c(OC)cn2)CC1. The third-order valence-electron chi connectivity index (χ3n) is 3.95. The van der Waals surface area contributed by atoms with Crippen molar-refractivity contribution in [1.82, 2.24) is 20.1 Å². The molecule has 2 heterocycles. The lowest BCUT2D eigenvalue weighted by Gasteiger charge is -2.34. The summed E-state index contributed by atoms with van der Waals surface area (Å²) in [5.74, 6) is 0.587. The van der Waals surface area contributed by atoms with E-state index < -0.39 is 0 Å². The number of aromatic nitrogens is 1. The number of hydrogen-bond acceptors (Lipinski definition) is 4. The Morgan fingerprint density at radius 2 is 2.13 bits per heavy atom. The number of methoxy groups -OCH3 is 1. The minimum Gasteiger partial charge on any atom is -0.494 e. The Bertz CT molecular complexity index is 519. The highest BCUT2D eigenvalue weighted by Gasteiger charge is 2.21. The van der Waals surface area contributed by atoms with Gasteiger partial charge in [-0.15, -0.1) is 0 Å². The highest BCUT2D eigenvalue weighted by atomic mass is 35.5. The van der Waals surface area contributed by atoms with Gasteiger partial charge >= 0.3 is 6.03 Å². The summed E-state index contributed by atoms with van der Waals surface area (Å²) in [6, 6.07) is 1.88. The van der Waals surface area contributed by atoms with E-state index >= 15 is 0 Å². The first-order valence-electron chi connectivity index (χ1n) is 8.07. The summed E-state index contributed by atoms with van der Waals surface area (Å²) in [6.07, 6.45) is 3.76. The summed E-state index contributed by atoms with van der Waals surface area (Å²) in [5, 5.41) is 3.54. The number of hydrogen-bond donors (Lipinski definition) is 1. The molecule has 2 rings (SSSR count). The fraction of sp³-hybridized carbons (Fsp3) is 0.625. The van der Waals surface area contributed by atoms with Gasteiger partial charge in [0.15, 0.2) is 5.75 Å². The third-order valence-corrected chi connectivity index (χ3v) is 4.24. The Morgan fingerprint density at radius 1 is 1.39 bits per heavy atom. The van der Waals surface area contributed by atoms with Gasteiger partial charge in [-0.25, -0.2) is 4.79 Å². The maximum atomic E-state index is 12.0. The van der Waals surface area contributed by atoms with Crippen LogP contribution in [0.1, 0.15) is 25.5 Å². The maximum absolute atomic E-state index is 12.0. The number of urea groups is 1. The number of piperazine rings is 1. The topological polar surface area (TPSA) is 57.7 Å². The first-order valence-corrected chi connectivity index (χ1v) is 8.45. The second kappa shape index (κ2) is 8.93. The molecule has 1 aromatic heterocycles. The number of unbranched alkanes of at least 4 members (excludes halogenated alkanes) is 1. The van der Waals surface area contributed by atoms with Crippen LogP contribution in [0.4, 0.5) is 4.79 Å². The van der Waals surface area contributed by atoms with E-state index in [1.165, 1.54) is 0 Å². The third kappa shape index (κ3) is 5.25. The number of pyridine rings is 1. The normalized spacial score (nSPS) is 15.5. The molecule has 1 fully saturated rings. The summed E-state index contributed by atoms with van der Waals surface area (Å²) in [6.45, 7) is 6.76. The molecule has 6 nitrogen and oxygen atoms in total. The minimum atomic E-state index is 0.0451. The number of nitrogens with one attached hydrogen (secondary N) is 1. The van der Waals surface area contributed by atoms with Crippen LogP contribution in [0.2, 0.25) is 5.02 Å². The summed E-state index contributed by atoms with van der Waals surface area (Å²) in [7, 11) is 1.58. The highest BCUT2D eigenvalue weighted by Crippen LogP contribution is 2.23. The summed E-state index contributed by atoms with van der Waals surface area (Å²) < 4.78 is 5.11. The molecule has 7 heteroatoms. The quantitative estimate of drug-likeness (QED) is 0.808. The van der Waals surface area contributed by atoms with Crippen molar-refractivity contribution in [3.05, 3.63) is 23.0 Å². The fourth-order valence-corrected chi connectivity index (χ4v) is 2.77. The van der Waals surface area contributed by atoms with E-state index in [-0.39, 0.29) is 6.03 Å². The van der Waals surface area contributed by atoms with Crippen LogP contribution >= 0.6 is 11.6 Å². The largest absolute Gasteiger partial charge is 0.494 e. The van der Waals surface area contributed by atoms with Gasteiger partial charge in [0.05, 0.1) is 24.0 Å². The predicted octanol–water partition coefficient (Wildman–Crippen LogP) is 2.37. The van der Waals surface area contributed by atoms with E-state index in [0.717, 1.165) is 57.8 Å². The molecule has 1 aromatic rings. The van der Waals surface area contributed by atoms with E-state index in [1.807, 2.05) is 11.0 Å². The van der Waals surface area contributed by atoms with Crippen molar-refractivity contribution in [3.63, 3.8) is 0 Å². The second-order valence-corrected chi connectivity index (χ2v) is 6.07. The number of ether oxygens (including phenoxy) is 1. The Balaban J connectivity index is 1.78. The molecule has 128 valence electrons. The molecule has 0 aliphatic carbocycles. The Morgan fingerprint density at radius 3 is 2.74 bits per heavy atom. The zero-order chi connectivity index (χ0) is 16.7. The Hall–Kier alpha value is -1.53. The van der Waals surface area contributed by atoms with Gasteiger partial charge in [0.2, 0.25) is 0 Å². The van der Waals surface area contributed by atoms with E-state index in [9.17, 15) is 4.79 Å². The van der Waals surface area contributed by atoms with Crippen molar-refractivity contribution >= 4 is 17.6 Å². The predicted molar refractivity (Wildman–Crippen MR) is 91.0 cm³/mol. The molecular formula is C16H25ClN4O2. The molecule has 0 unspecified atom stereocenters. The number of nitrogens with zero attached hydrogens (tertiary/aromatic N) is 3. The van der Waals surface area contributed by atoms with Crippen molar-refractivity contribution in [2.24, 2.45) is 0 Å². The first kappa shape index (κ1) is 17.8. The molecule has 0 saturated carbocycles. The van der Waals surface area contributed by atoms with Crippen molar-refractivity contribution in [3.8, 4) is 5.75 Å². The molecule has 1 aliphatic heterocycles. The molecule has 0 radical (unpaired) electrons. The van der Waals surface area contributed by atoms with Gasteiger partial charge in [-0.1, -0.05) is 24.9 Å². The van der Waals surface area contributed by atoms with Crippen molar-refractivity contribution in [2.75, 3.05) is 39.8 Å².